The molecule has 0 fully saturated rings. The van der Waals surface area contributed by atoms with Crippen molar-refractivity contribution in [3.05, 3.63) is 0 Å². The van der Waals surface area contributed by atoms with E-state index in [4.69, 9.17) is 0 Å². The van der Waals surface area contributed by atoms with Crippen LogP contribution >= 0.6 is 0 Å². The van der Waals surface area contributed by atoms with Crippen LogP contribution in [0.4, 0.5) is 0 Å². The minimum atomic E-state index is -0.890. The van der Waals surface area contributed by atoms with Gasteiger partial charge in [-0.15, -0.1) is 0 Å². The van der Waals surface area contributed by atoms with E-state index in [1.54, 1.807) is 8.87 Å². The van der Waals surface area contributed by atoms with Crippen molar-refractivity contribution in [3.63, 3.8) is 0 Å². The van der Waals surface area contributed by atoms with Crippen LogP contribution in [0.15, 0.2) is 0 Å². The monoisotopic (exact) mass is 222 g/mol. The molecule has 0 rings (SSSR count). The summed E-state index contributed by atoms with van der Waals surface area (Å²) in [5.74, 6) is 0. The zero-order valence-corrected chi connectivity index (χ0v) is 9.86. The predicted octanol–water partition coefficient (Wildman–Crippen LogP) is 2.66. The van der Waals surface area contributed by atoms with Gasteiger partial charge in [-0.05, 0) is 0 Å². The van der Waals surface area contributed by atoms with Gasteiger partial charge in [-0.2, -0.15) is 0 Å². The van der Waals surface area contributed by atoms with Crippen LogP contribution in [0.2, 0.25) is 12.8 Å². The molecule has 0 aliphatic carbocycles. The first-order chi connectivity index (χ1) is 3.72. The second kappa shape index (κ2) is 4.66. The van der Waals surface area contributed by atoms with Crippen molar-refractivity contribution in [1.82, 2.24) is 0 Å². The normalized spacial score (nSPS) is 11.2. The van der Waals surface area contributed by atoms with Crippen LogP contribution in [-0.4, -0.2) is 19.8 Å². The second-order valence-electron chi connectivity index (χ2n) is 2.82. The Morgan fingerprint density at radius 2 is 1.50 bits per heavy atom. The van der Waals surface area contributed by atoms with Gasteiger partial charge in [0.2, 0.25) is 0 Å². The quantitative estimate of drug-likeness (QED) is 0.642. The van der Waals surface area contributed by atoms with Gasteiger partial charge in [-0.3, -0.25) is 0 Å². The van der Waals surface area contributed by atoms with Gasteiger partial charge in [0.25, 0.3) is 0 Å². The van der Waals surface area contributed by atoms with Gasteiger partial charge in [0, 0.05) is 0 Å². The predicted molar refractivity (Wildman–Crippen MR) is 43.2 cm³/mol. The van der Waals surface area contributed by atoms with Crippen molar-refractivity contribution in [2.24, 2.45) is 0 Å². The first kappa shape index (κ1) is 8.80. The third kappa shape index (κ3) is 2.95. The zero-order chi connectivity index (χ0) is 6.57. The Labute approximate surface area is 60.4 Å². The van der Waals surface area contributed by atoms with Gasteiger partial charge in [0.05, 0.1) is 0 Å². The summed E-state index contributed by atoms with van der Waals surface area (Å²) in [6.45, 7) is 9.52. The summed E-state index contributed by atoms with van der Waals surface area (Å²) in [6, 6.07) is 0. The summed E-state index contributed by atoms with van der Waals surface area (Å²) in [5, 5.41) is 0. The third-order valence-corrected chi connectivity index (χ3v) is 13.4. The summed E-state index contributed by atoms with van der Waals surface area (Å²) in [7, 11) is 0. The summed E-state index contributed by atoms with van der Waals surface area (Å²) >= 11 is -0.890. The van der Waals surface area contributed by atoms with E-state index in [0.29, 0.717) is 0 Å². The molecule has 1 heteroatoms. The van der Waals surface area contributed by atoms with Crippen LogP contribution in [0, 0.1) is 0 Å². The van der Waals surface area contributed by atoms with Gasteiger partial charge in [-0.25, -0.2) is 0 Å². The Hall–Kier alpha value is 0.799. The SMILES string of the molecule is C[CH2][SnH]([CH2]C)[CH](C)C. The summed E-state index contributed by atoms with van der Waals surface area (Å²) in [6.07, 6.45) is 0. The molecule has 0 aromatic heterocycles. The molecule has 0 aliphatic rings. The molecule has 0 saturated heterocycles. The number of rotatable bonds is 3. The van der Waals surface area contributed by atoms with E-state index < -0.39 is 19.8 Å². The van der Waals surface area contributed by atoms with Crippen molar-refractivity contribution in [2.75, 3.05) is 0 Å². The molecule has 0 atom stereocenters. The van der Waals surface area contributed by atoms with Crippen LogP contribution in [0.3, 0.4) is 0 Å². The Morgan fingerprint density at radius 1 is 1.12 bits per heavy atom. The number of hydrogen-bond donors (Lipinski definition) is 0. The van der Waals surface area contributed by atoms with Crippen LogP contribution in [0.25, 0.3) is 0 Å². The van der Waals surface area contributed by atoms with Gasteiger partial charge in [0.15, 0.2) is 0 Å². The molecule has 0 nitrogen and oxygen atoms in total. The van der Waals surface area contributed by atoms with Crippen molar-refractivity contribution in [3.8, 4) is 0 Å². The molecule has 0 amide bonds. The summed E-state index contributed by atoms with van der Waals surface area (Å²) in [5.41, 5.74) is 0. The molecule has 50 valence electrons. The van der Waals surface area contributed by atoms with Crippen LogP contribution < -0.4 is 0 Å². The maximum atomic E-state index is 2.40. The van der Waals surface area contributed by atoms with E-state index in [0.717, 1.165) is 3.93 Å². The molecular weight excluding hydrogens is 203 g/mol. The summed E-state index contributed by atoms with van der Waals surface area (Å²) < 4.78 is 4.19. The maximum absolute atomic E-state index is 2.40. The molecule has 0 bridgehead atoms. The molecule has 0 radical (unpaired) electrons. The van der Waals surface area contributed by atoms with E-state index in [9.17, 15) is 0 Å². The van der Waals surface area contributed by atoms with Gasteiger partial charge >= 0.3 is 60.3 Å². The zero-order valence-electron chi connectivity index (χ0n) is 6.57. The van der Waals surface area contributed by atoms with Gasteiger partial charge in [-0.1, -0.05) is 0 Å². The fourth-order valence-electron chi connectivity index (χ4n) is 1.23. The molecular formula is C7H18Sn. The van der Waals surface area contributed by atoms with Crippen LogP contribution in [0.1, 0.15) is 27.7 Å². The third-order valence-electron chi connectivity index (χ3n) is 1.99. The van der Waals surface area contributed by atoms with Crippen molar-refractivity contribution in [2.45, 2.75) is 40.5 Å². The van der Waals surface area contributed by atoms with Crippen molar-refractivity contribution >= 4 is 19.8 Å². The Kier molecular flexibility index (Phi) is 5.12. The van der Waals surface area contributed by atoms with Crippen molar-refractivity contribution in [1.29, 1.82) is 0 Å². The minimum absolute atomic E-state index is 0.890. The Bertz CT molecular complexity index is 46.3. The van der Waals surface area contributed by atoms with Crippen LogP contribution in [-0.2, 0) is 0 Å². The van der Waals surface area contributed by atoms with E-state index in [1.165, 1.54) is 0 Å². The standard InChI is InChI=1S/C3H7.2C2H5.Sn.H/c1-3-2;2*1-2;;/h3H,1-2H3;2*1H2,2H3;;. The molecule has 0 heterocycles. The van der Waals surface area contributed by atoms with Gasteiger partial charge in [0.1, 0.15) is 0 Å². The molecule has 0 aliphatic heterocycles. The van der Waals surface area contributed by atoms with Crippen molar-refractivity contribution < 1.29 is 0 Å². The second-order valence-corrected chi connectivity index (χ2v) is 15.6. The first-order valence-corrected chi connectivity index (χ1v) is 10.3. The summed E-state index contributed by atoms with van der Waals surface area (Å²) in [4.78, 5) is 0. The average Bonchev–Trinajstić information content (AvgIpc) is 1.69. The Morgan fingerprint density at radius 3 is 1.50 bits per heavy atom. The average molecular weight is 221 g/mol. The molecule has 0 aromatic carbocycles. The van der Waals surface area contributed by atoms with E-state index >= 15 is 0 Å². The van der Waals surface area contributed by atoms with Crippen LogP contribution in [0.5, 0.6) is 0 Å². The molecule has 0 aromatic rings. The van der Waals surface area contributed by atoms with E-state index in [-0.39, 0.29) is 0 Å². The Balaban J connectivity index is 3.35. The molecule has 0 saturated carbocycles. The molecule has 0 unspecified atom stereocenters. The molecule has 0 N–H and O–H groups in total. The van der Waals surface area contributed by atoms with Gasteiger partial charge < -0.3 is 0 Å². The van der Waals surface area contributed by atoms with E-state index in [1.807, 2.05) is 0 Å². The number of hydrogen-bond acceptors (Lipinski definition) is 0. The topological polar surface area (TPSA) is 0 Å². The fraction of sp³-hybridized carbons (Fsp3) is 1.00. The molecule has 8 heavy (non-hydrogen) atoms. The fourth-order valence-corrected chi connectivity index (χ4v) is 8.26. The molecule has 0 spiro atoms. The van der Waals surface area contributed by atoms with E-state index in [2.05, 4.69) is 27.7 Å². The first-order valence-electron chi connectivity index (χ1n) is 3.72.